The van der Waals surface area contributed by atoms with Crippen LogP contribution < -0.4 is 20.4 Å². The number of hydrogen-bond acceptors (Lipinski definition) is 3. The van der Waals surface area contributed by atoms with Gasteiger partial charge in [0.05, 0.1) is 16.3 Å². The summed E-state index contributed by atoms with van der Waals surface area (Å²) in [6.07, 6.45) is 2.10. The second kappa shape index (κ2) is 8.75. The number of anilines is 3. The Bertz CT molecular complexity index is 1010. The quantitative estimate of drug-likeness (QED) is 0.690. The summed E-state index contributed by atoms with van der Waals surface area (Å²) >= 11 is 6.23. The average Bonchev–Trinajstić information content (AvgIpc) is 3.38. The highest BCUT2D eigenvalue weighted by atomic mass is 35.5. The zero-order chi connectivity index (χ0) is 22.1. The van der Waals surface area contributed by atoms with E-state index in [9.17, 15) is 14.0 Å². The number of hydrogen-bond donors (Lipinski definition) is 2. The van der Waals surface area contributed by atoms with Crippen molar-refractivity contribution in [1.82, 2.24) is 5.32 Å². The minimum Gasteiger partial charge on any atom is -0.366 e. The Morgan fingerprint density at radius 2 is 2.03 bits per heavy atom. The van der Waals surface area contributed by atoms with Gasteiger partial charge in [-0.25, -0.2) is 9.18 Å². The number of nitrogens with zero attached hydrogens (tertiary/aromatic N) is 2. The average molecular weight is 445 g/mol. The molecule has 2 aromatic rings. The lowest BCUT2D eigenvalue weighted by molar-refractivity contribution is 0.102. The van der Waals surface area contributed by atoms with E-state index in [0.29, 0.717) is 42.1 Å². The van der Waals surface area contributed by atoms with Gasteiger partial charge in [-0.2, -0.15) is 0 Å². The Morgan fingerprint density at radius 1 is 1.23 bits per heavy atom. The van der Waals surface area contributed by atoms with E-state index in [0.717, 1.165) is 19.4 Å². The molecule has 1 atom stereocenters. The second-order valence-corrected chi connectivity index (χ2v) is 8.72. The largest absolute Gasteiger partial charge is 0.366 e. The van der Waals surface area contributed by atoms with Crippen molar-refractivity contribution in [1.29, 1.82) is 0 Å². The monoisotopic (exact) mass is 444 g/mol. The van der Waals surface area contributed by atoms with E-state index in [1.807, 2.05) is 0 Å². The van der Waals surface area contributed by atoms with Crippen LogP contribution in [0, 0.1) is 11.7 Å². The fraction of sp³-hybridized carbons (Fsp3) is 0.391. The van der Waals surface area contributed by atoms with Crippen molar-refractivity contribution < 1.29 is 14.0 Å². The molecule has 31 heavy (non-hydrogen) atoms. The lowest BCUT2D eigenvalue weighted by Crippen LogP contribution is -2.33. The topological polar surface area (TPSA) is 64.7 Å². The fourth-order valence-electron chi connectivity index (χ4n) is 4.37. The first-order valence-corrected chi connectivity index (χ1v) is 11.0. The lowest BCUT2D eigenvalue weighted by atomic mass is 10.0. The number of nitrogens with one attached hydrogen (secondary N) is 2. The van der Waals surface area contributed by atoms with Gasteiger partial charge in [0.1, 0.15) is 5.82 Å². The van der Waals surface area contributed by atoms with Gasteiger partial charge >= 0.3 is 6.03 Å². The van der Waals surface area contributed by atoms with Gasteiger partial charge in [-0.05, 0) is 55.2 Å². The molecule has 3 amide bonds. The molecule has 2 aromatic carbocycles. The minimum absolute atomic E-state index is 0.215. The maximum atomic E-state index is 14.9. The third kappa shape index (κ3) is 4.32. The van der Waals surface area contributed by atoms with Crippen molar-refractivity contribution in [2.45, 2.75) is 32.7 Å². The Labute approximate surface area is 186 Å². The van der Waals surface area contributed by atoms with E-state index in [2.05, 4.69) is 29.4 Å². The van der Waals surface area contributed by atoms with Crippen molar-refractivity contribution >= 4 is 40.6 Å². The molecule has 8 heteroatoms. The molecule has 0 aromatic heterocycles. The Morgan fingerprint density at radius 3 is 2.71 bits per heavy atom. The van der Waals surface area contributed by atoms with E-state index >= 15 is 0 Å². The molecule has 0 bridgehead atoms. The number of rotatable bonds is 5. The molecule has 2 fully saturated rings. The molecule has 0 radical (unpaired) electrons. The van der Waals surface area contributed by atoms with E-state index in [1.165, 1.54) is 6.07 Å². The van der Waals surface area contributed by atoms with Crippen molar-refractivity contribution in [2.24, 2.45) is 5.92 Å². The van der Waals surface area contributed by atoms with Crippen LogP contribution in [0.5, 0.6) is 0 Å². The standard InChI is InChI=1S/C23H26ClFN4O2/c1-14(2)20-4-3-10-29(20)21-8-5-15(12-19(21)25)27-22(30)17-13-16(6-7-18(17)24)28-11-9-26-23(28)31/h5-8,12-14,20H,3-4,9-11H2,1-2H3,(H,26,31)(H,27,30)/t20-/m1/s1. The van der Waals surface area contributed by atoms with Gasteiger partial charge < -0.3 is 15.5 Å². The van der Waals surface area contributed by atoms with E-state index in [-0.39, 0.29) is 22.4 Å². The fourth-order valence-corrected chi connectivity index (χ4v) is 4.58. The summed E-state index contributed by atoms with van der Waals surface area (Å²) in [5.41, 5.74) is 1.73. The van der Waals surface area contributed by atoms with Crippen LogP contribution in [0.3, 0.4) is 0 Å². The third-order valence-electron chi connectivity index (χ3n) is 5.95. The zero-order valence-electron chi connectivity index (χ0n) is 17.6. The summed E-state index contributed by atoms with van der Waals surface area (Å²) in [5, 5.41) is 5.70. The maximum Gasteiger partial charge on any atom is 0.321 e. The highest BCUT2D eigenvalue weighted by Gasteiger charge is 2.29. The molecular weight excluding hydrogens is 419 g/mol. The molecule has 4 rings (SSSR count). The molecule has 0 unspecified atom stereocenters. The lowest BCUT2D eigenvalue weighted by Gasteiger charge is -2.30. The van der Waals surface area contributed by atoms with Gasteiger partial charge in [0.2, 0.25) is 0 Å². The summed E-state index contributed by atoms with van der Waals surface area (Å²) in [6.45, 7) is 6.20. The Kier molecular flexibility index (Phi) is 6.05. The number of carbonyl (C=O) groups excluding carboxylic acids is 2. The van der Waals surface area contributed by atoms with Crippen LogP contribution >= 0.6 is 11.6 Å². The third-order valence-corrected chi connectivity index (χ3v) is 6.28. The molecule has 0 aliphatic carbocycles. The molecule has 2 heterocycles. The number of urea groups is 1. The maximum absolute atomic E-state index is 14.9. The molecule has 0 spiro atoms. The first-order chi connectivity index (χ1) is 14.8. The van der Waals surface area contributed by atoms with Crippen LogP contribution in [0.25, 0.3) is 0 Å². The minimum atomic E-state index is -0.458. The molecule has 164 valence electrons. The van der Waals surface area contributed by atoms with Gasteiger partial charge in [0.25, 0.3) is 5.91 Å². The van der Waals surface area contributed by atoms with Crippen molar-refractivity contribution in [3.8, 4) is 0 Å². The zero-order valence-corrected chi connectivity index (χ0v) is 18.4. The van der Waals surface area contributed by atoms with Crippen LogP contribution in [0.2, 0.25) is 5.02 Å². The number of halogens is 2. The molecule has 2 aliphatic heterocycles. The Balaban J connectivity index is 1.53. The van der Waals surface area contributed by atoms with Crippen molar-refractivity contribution in [2.75, 3.05) is 34.8 Å². The normalized spacial score (nSPS) is 18.6. The molecule has 2 N–H and O–H groups in total. The van der Waals surface area contributed by atoms with E-state index in [1.54, 1.807) is 35.2 Å². The Hall–Kier alpha value is -2.80. The molecule has 6 nitrogen and oxygen atoms in total. The molecular formula is C23H26ClFN4O2. The summed E-state index contributed by atoms with van der Waals surface area (Å²) in [5.74, 6) is -0.382. The van der Waals surface area contributed by atoms with Crippen molar-refractivity contribution in [3.05, 3.63) is 52.8 Å². The second-order valence-electron chi connectivity index (χ2n) is 8.32. The van der Waals surface area contributed by atoms with E-state index < -0.39 is 5.91 Å². The molecule has 2 saturated heterocycles. The number of amides is 3. The molecule has 0 saturated carbocycles. The van der Waals surface area contributed by atoms with Gasteiger partial charge in [-0.15, -0.1) is 0 Å². The number of benzene rings is 2. The predicted octanol–water partition coefficient (Wildman–Crippen LogP) is 4.89. The van der Waals surface area contributed by atoms with Gasteiger partial charge in [-0.3, -0.25) is 9.69 Å². The first kappa shape index (κ1) is 21.4. The predicted molar refractivity (Wildman–Crippen MR) is 122 cm³/mol. The summed E-state index contributed by atoms with van der Waals surface area (Å²) in [6, 6.07) is 9.72. The van der Waals surface area contributed by atoms with Crippen LogP contribution in [0.1, 0.15) is 37.0 Å². The SMILES string of the molecule is CC(C)[C@H]1CCCN1c1ccc(NC(=O)c2cc(N3CCNC3=O)ccc2Cl)cc1F. The van der Waals surface area contributed by atoms with E-state index in [4.69, 9.17) is 11.6 Å². The van der Waals surface area contributed by atoms with Crippen molar-refractivity contribution in [3.63, 3.8) is 0 Å². The van der Waals surface area contributed by atoms with Crippen LogP contribution in [-0.4, -0.2) is 37.6 Å². The van der Waals surface area contributed by atoms with Crippen LogP contribution in [0.4, 0.5) is 26.2 Å². The van der Waals surface area contributed by atoms with Crippen LogP contribution in [0.15, 0.2) is 36.4 Å². The smallest absolute Gasteiger partial charge is 0.321 e. The number of carbonyl (C=O) groups is 2. The highest BCUT2D eigenvalue weighted by molar-refractivity contribution is 6.34. The van der Waals surface area contributed by atoms with Gasteiger partial charge in [0, 0.05) is 37.1 Å². The summed E-state index contributed by atoms with van der Waals surface area (Å²) in [7, 11) is 0. The molecule has 2 aliphatic rings. The first-order valence-electron chi connectivity index (χ1n) is 10.6. The highest BCUT2D eigenvalue weighted by Crippen LogP contribution is 2.33. The van der Waals surface area contributed by atoms with Gasteiger partial charge in [-0.1, -0.05) is 25.4 Å². The van der Waals surface area contributed by atoms with Crippen LogP contribution in [-0.2, 0) is 0 Å². The summed E-state index contributed by atoms with van der Waals surface area (Å²) < 4.78 is 14.9. The summed E-state index contributed by atoms with van der Waals surface area (Å²) in [4.78, 5) is 28.4. The van der Waals surface area contributed by atoms with Gasteiger partial charge in [0.15, 0.2) is 0 Å².